The van der Waals surface area contributed by atoms with Gasteiger partial charge in [0.25, 0.3) is 0 Å². The number of rotatable bonds is 2. The van der Waals surface area contributed by atoms with E-state index in [1.807, 2.05) is 11.5 Å². The molecule has 1 rings (SSSR count). The summed E-state index contributed by atoms with van der Waals surface area (Å²) in [4.78, 5) is 3.90. The Kier molecular flexibility index (Phi) is 2.57. The predicted octanol–water partition coefficient (Wildman–Crippen LogP) is 2.30. The lowest BCUT2D eigenvalue weighted by molar-refractivity contribution is 0.734. The average molecular weight is 179 g/mol. The van der Waals surface area contributed by atoms with Crippen LogP contribution in [0.4, 0.5) is 0 Å². The van der Waals surface area contributed by atoms with Crippen molar-refractivity contribution in [3.8, 4) is 0 Å². The molecule has 56 valence electrons. The summed E-state index contributed by atoms with van der Waals surface area (Å²) in [7, 11) is 0. The summed E-state index contributed by atoms with van der Waals surface area (Å²) in [5.74, 6) is 0.466. The minimum atomic E-state index is 0.466. The molecule has 0 saturated heterocycles. The highest BCUT2D eigenvalue weighted by Gasteiger charge is 2.03. The van der Waals surface area contributed by atoms with Crippen molar-refractivity contribution in [3.05, 3.63) is 17.2 Å². The van der Waals surface area contributed by atoms with E-state index < -0.39 is 0 Å². The molecule has 0 fully saturated rings. The van der Waals surface area contributed by atoms with Crippen LogP contribution in [0.2, 0.25) is 5.28 Å². The standard InChI is InChI=1S/C6H8Cl2N2/c1-2-10-5(3-7)4-9-6(10)8/h4H,2-3H2,1H3. The van der Waals surface area contributed by atoms with Crippen molar-refractivity contribution >= 4 is 23.2 Å². The van der Waals surface area contributed by atoms with Crippen LogP contribution in [0.25, 0.3) is 0 Å². The van der Waals surface area contributed by atoms with E-state index in [-0.39, 0.29) is 0 Å². The van der Waals surface area contributed by atoms with E-state index in [4.69, 9.17) is 23.2 Å². The van der Waals surface area contributed by atoms with E-state index >= 15 is 0 Å². The Morgan fingerprint density at radius 2 is 2.40 bits per heavy atom. The fraction of sp³-hybridized carbons (Fsp3) is 0.500. The highest BCUT2D eigenvalue weighted by atomic mass is 35.5. The Bertz CT molecular complexity index is 220. The van der Waals surface area contributed by atoms with Crippen molar-refractivity contribution in [3.63, 3.8) is 0 Å². The average Bonchev–Trinajstić information content (AvgIpc) is 2.30. The van der Waals surface area contributed by atoms with Gasteiger partial charge in [-0.05, 0) is 18.5 Å². The number of hydrogen-bond acceptors (Lipinski definition) is 1. The summed E-state index contributed by atoms with van der Waals surface area (Å²) >= 11 is 11.3. The summed E-state index contributed by atoms with van der Waals surface area (Å²) in [6.45, 7) is 2.82. The first-order valence-corrected chi connectivity index (χ1v) is 3.96. The molecule has 0 bridgehead atoms. The van der Waals surface area contributed by atoms with Crippen molar-refractivity contribution in [1.82, 2.24) is 9.55 Å². The molecule has 1 heterocycles. The quantitative estimate of drug-likeness (QED) is 0.637. The maximum atomic E-state index is 5.72. The number of hydrogen-bond donors (Lipinski definition) is 0. The molecule has 10 heavy (non-hydrogen) atoms. The molecule has 0 radical (unpaired) electrons. The van der Waals surface area contributed by atoms with Crippen LogP contribution in [-0.4, -0.2) is 9.55 Å². The lowest BCUT2D eigenvalue weighted by Crippen LogP contribution is -1.97. The van der Waals surface area contributed by atoms with Gasteiger partial charge in [0.15, 0.2) is 0 Å². The Labute approximate surface area is 69.8 Å². The lowest BCUT2D eigenvalue weighted by Gasteiger charge is -2.00. The van der Waals surface area contributed by atoms with Crippen LogP contribution in [0.5, 0.6) is 0 Å². The molecule has 0 unspecified atom stereocenters. The maximum absolute atomic E-state index is 5.72. The highest BCUT2D eigenvalue weighted by Crippen LogP contribution is 2.11. The third kappa shape index (κ3) is 1.27. The van der Waals surface area contributed by atoms with Gasteiger partial charge in [-0.3, -0.25) is 0 Å². The minimum absolute atomic E-state index is 0.466. The first-order chi connectivity index (χ1) is 4.79. The molecule has 0 atom stereocenters. The summed E-state index contributed by atoms with van der Waals surface area (Å²) in [5.41, 5.74) is 0.967. The van der Waals surface area contributed by atoms with Gasteiger partial charge < -0.3 is 4.57 Å². The van der Waals surface area contributed by atoms with Crippen LogP contribution in [0.15, 0.2) is 6.20 Å². The number of nitrogens with zero attached hydrogens (tertiary/aromatic N) is 2. The van der Waals surface area contributed by atoms with Crippen LogP contribution in [-0.2, 0) is 12.4 Å². The fourth-order valence-electron chi connectivity index (χ4n) is 0.826. The van der Waals surface area contributed by atoms with Gasteiger partial charge in [0, 0.05) is 6.54 Å². The van der Waals surface area contributed by atoms with Crippen molar-refractivity contribution in [2.24, 2.45) is 0 Å². The Morgan fingerprint density at radius 3 is 2.80 bits per heavy atom. The van der Waals surface area contributed by atoms with Crippen LogP contribution < -0.4 is 0 Å². The van der Waals surface area contributed by atoms with Gasteiger partial charge in [-0.25, -0.2) is 4.98 Å². The molecular weight excluding hydrogens is 171 g/mol. The molecule has 1 aromatic rings. The topological polar surface area (TPSA) is 17.8 Å². The first kappa shape index (κ1) is 7.89. The second kappa shape index (κ2) is 3.26. The SMILES string of the molecule is CCn1c(CCl)cnc1Cl. The normalized spacial score (nSPS) is 10.3. The minimum Gasteiger partial charge on any atom is -0.318 e. The largest absolute Gasteiger partial charge is 0.318 e. The Hall–Kier alpha value is -0.210. The zero-order valence-corrected chi connectivity index (χ0v) is 7.15. The highest BCUT2D eigenvalue weighted by molar-refractivity contribution is 6.28. The van der Waals surface area contributed by atoms with Gasteiger partial charge in [-0.15, -0.1) is 11.6 Å². The number of halogens is 2. The number of imidazole rings is 1. The van der Waals surface area contributed by atoms with Gasteiger partial charge >= 0.3 is 0 Å². The molecule has 0 spiro atoms. The monoisotopic (exact) mass is 178 g/mol. The number of aromatic nitrogens is 2. The van der Waals surface area contributed by atoms with E-state index in [0.717, 1.165) is 12.2 Å². The second-order valence-electron chi connectivity index (χ2n) is 1.90. The third-order valence-corrected chi connectivity index (χ3v) is 1.92. The first-order valence-electron chi connectivity index (χ1n) is 3.05. The predicted molar refractivity (Wildman–Crippen MR) is 42.5 cm³/mol. The number of alkyl halides is 1. The van der Waals surface area contributed by atoms with E-state index in [2.05, 4.69) is 4.98 Å². The van der Waals surface area contributed by atoms with Crippen molar-refractivity contribution in [1.29, 1.82) is 0 Å². The second-order valence-corrected chi connectivity index (χ2v) is 2.50. The van der Waals surface area contributed by atoms with Crippen molar-refractivity contribution in [2.75, 3.05) is 0 Å². The molecule has 0 N–H and O–H groups in total. The van der Waals surface area contributed by atoms with Crippen LogP contribution in [0.3, 0.4) is 0 Å². The molecule has 1 aromatic heterocycles. The molecule has 2 nitrogen and oxygen atoms in total. The van der Waals surface area contributed by atoms with Crippen molar-refractivity contribution < 1.29 is 0 Å². The smallest absolute Gasteiger partial charge is 0.202 e. The molecule has 0 aliphatic heterocycles. The fourth-order valence-corrected chi connectivity index (χ4v) is 1.32. The zero-order valence-electron chi connectivity index (χ0n) is 5.64. The van der Waals surface area contributed by atoms with Gasteiger partial charge in [0.1, 0.15) is 0 Å². The third-order valence-electron chi connectivity index (χ3n) is 1.34. The zero-order chi connectivity index (χ0) is 7.56. The Balaban J connectivity index is 3.01. The summed E-state index contributed by atoms with van der Waals surface area (Å²) in [5, 5.41) is 0.512. The summed E-state index contributed by atoms with van der Waals surface area (Å²) in [6, 6.07) is 0. The summed E-state index contributed by atoms with van der Waals surface area (Å²) < 4.78 is 1.87. The van der Waals surface area contributed by atoms with E-state index in [9.17, 15) is 0 Å². The van der Waals surface area contributed by atoms with E-state index in [1.54, 1.807) is 6.20 Å². The van der Waals surface area contributed by atoms with Gasteiger partial charge in [0.05, 0.1) is 17.8 Å². The summed E-state index contributed by atoms with van der Waals surface area (Å²) in [6.07, 6.45) is 1.69. The van der Waals surface area contributed by atoms with Gasteiger partial charge in [0.2, 0.25) is 5.28 Å². The van der Waals surface area contributed by atoms with Crippen LogP contribution in [0.1, 0.15) is 12.6 Å². The molecule has 0 amide bonds. The lowest BCUT2D eigenvalue weighted by atomic mass is 10.5. The molecule has 0 aliphatic carbocycles. The van der Waals surface area contributed by atoms with Crippen molar-refractivity contribution in [2.45, 2.75) is 19.3 Å². The molecule has 0 aromatic carbocycles. The van der Waals surface area contributed by atoms with Crippen LogP contribution >= 0.6 is 23.2 Å². The van der Waals surface area contributed by atoms with Gasteiger partial charge in [-0.2, -0.15) is 0 Å². The van der Waals surface area contributed by atoms with E-state index in [0.29, 0.717) is 11.2 Å². The molecule has 4 heteroatoms. The van der Waals surface area contributed by atoms with Gasteiger partial charge in [-0.1, -0.05) is 0 Å². The molecule has 0 saturated carbocycles. The van der Waals surface area contributed by atoms with Crippen LogP contribution in [0, 0.1) is 0 Å². The maximum Gasteiger partial charge on any atom is 0.202 e. The Morgan fingerprint density at radius 1 is 1.70 bits per heavy atom. The molecule has 0 aliphatic rings. The van der Waals surface area contributed by atoms with E-state index in [1.165, 1.54) is 0 Å². The molecular formula is C6H8Cl2N2.